The Morgan fingerprint density at radius 3 is 2.27 bits per heavy atom. The average molecular weight is 351 g/mol. The second-order valence-corrected chi connectivity index (χ2v) is 7.01. The molecule has 1 aliphatic carbocycles. The van der Waals surface area contributed by atoms with Crippen LogP contribution >= 0.6 is 0 Å². The molecule has 2 aromatic carbocycles. The number of rotatable bonds is 6. The van der Waals surface area contributed by atoms with E-state index < -0.39 is 0 Å². The molecule has 1 saturated carbocycles. The lowest BCUT2D eigenvalue weighted by atomic mass is 10.1. The van der Waals surface area contributed by atoms with E-state index in [0.717, 1.165) is 41.0 Å². The maximum Gasteiger partial charge on any atom is 0.246 e. The summed E-state index contributed by atoms with van der Waals surface area (Å²) < 4.78 is 0. The number of amides is 2. The molecule has 0 heterocycles. The van der Waals surface area contributed by atoms with E-state index in [1.54, 1.807) is 0 Å². The van der Waals surface area contributed by atoms with Crippen molar-refractivity contribution in [3.8, 4) is 0 Å². The summed E-state index contributed by atoms with van der Waals surface area (Å²) in [5.41, 5.74) is 4.59. The summed E-state index contributed by atoms with van der Waals surface area (Å²) in [5, 5.41) is 9.06. The fraction of sp³-hybridized carbons (Fsp3) is 0.333. The van der Waals surface area contributed by atoms with Gasteiger partial charge < -0.3 is 16.0 Å². The zero-order chi connectivity index (χ0) is 18.7. The SMILES string of the molecule is Cc1ccc(C)c(NC(=O)[C@@H](C)Nc2ccc(NC(=O)C3CC3)cc2)c1. The number of aryl methyl sites for hydroxylation is 2. The van der Waals surface area contributed by atoms with Gasteiger partial charge in [0.25, 0.3) is 0 Å². The van der Waals surface area contributed by atoms with Crippen LogP contribution in [0.15, 0.2) is 42.5 Å². The van der Waals surface area contributed by atoms with Crippen molar-refractivity contribution in [2.75, 3.05) is 16.0 Å². The molecular formula is C21H25N3O2. The predicted octanol–water partition coefficient (Wildman–Crippen LogP) is 4.09. The summed E-state index contributed by atoms with van der Waals surface area (Å²) in [7, 11) is 0. The van der Waals surface area contributed by atoms with Gasteiger partial charge in [-0.05, 0) is 75.1 Å². The molecule has 1 atom stereocenters. The van der Waals surface area contributed by atoms with E-state index in [0.29, 0.717) is 0 Å². The van der Waals surface area contributed by atoms with Gasteiger partial charge in [0.15, 0.2) is 0 Å². The first-order valence-corrected chi connectivity index (χ1v) is 8.98. The molecular weight excluding hydrogens is 326 g/mol. The Hall–Kier alpha value is -2.82. The molecule has 0 spiro atoms. The summed E-state index contributed by atoms with van der Waals surface area (Å²) in [5.74, 6) is 0.179. The highest BCUT2D eigenvalue weighted by Crippen LogP contribution is 2.30. The van der Waals surface area contributed by atoms with Crippen molar-refractivity contribution in [1.82, 2.24) is 0 Å². The number of anilines is 3. The molecule has 1 aliphatic rings. The fourth-order valence-electron chi connectivity index (χ4n) is 2.67. The third-order valence-corrected chi connectivity index (χ3v) is 4.53. The highest BCUT2D eigenvalue weighted by Gasteiger charge is 2.29. The minimum atomic E-state index is -0.387. The first-order chi connectivity index (χ1) is 12.4. The zero-order valence-corrected chi connectivity index (χ0v) is 15.4. The van der Waals surface area contributed by atoms with E-state index in [2.05, 4.69) is 16.0 Å². The van der Waals surface area contributed by atoms with Crippen molar-refractivity contribution in [3.63, 3.8) is 0 Å². The number of nitrogens with one attached hydrogen (secondary N) is 3. The van der Waals surface area contributed by atoms with Gasteiger partial charge in [-0.2, -0.15) is 0 Å². The van der Waals surface area contributed by atoms with Crippen molar-refractivity contribution in [1.29, 1.82) is 0 Å². The van der Waals surface area contributed by atoms with Gasteiger partial charge in [0.05, 0.1) is 0 Å². The summed E-state index contributed by atoms with van der Waals surface area (Å²) in [4.78, 5) is 24.2. The highest BCUT2D eigenvalue weighted by atomic mass is 16.2. The van der Waals surface area contributed by atoms with Crippen molar-refractivity contribution < 1.29 is 9.59 Å². The second kappa shape index (κ2) is 7.60. The van der Waals surface area contributed by atoms with Crippen LogP contribution in [0.2, 0.25) is 0 Å². The Balaban J connectivity index is 1.56. The number of hydrogen-bond acceptors (Lipinski definition) is 3. The molecule has 0 aliphatic heterocycles. The third-order valence-electron chi connectivity index (χ3n) is 4.53. The van der Waals surface area contributed by atoms with Crippen molar-refractivity contribution in [3.05, 3.63) is 53.6 Å². The standard InChI is InChI=1S/C21H25N3O2/c1-13-4-5-14(2)19(12-13)24-20(25)15(3)22-17-8-10-18(11-9-17)23-21(26)16-6-7-16/h4-5,8-12,15-16,22H,6-7H2,1-3H3,(H,23,26)(H,24,25)/t15-/m1/s1. The molecule has 26 heavy (non-hydrogen) atoms. The fourth-order valence-corrected chi connectivity index (χ4v) is 2.67. The molecule has 1 fully saturated rings. The van der Waals surface area contributed by atoms with Crippen LogP contribution in [-0.4, -0.2) is 17.9 Å². The predicted molar refractivity (Wildman–Crippen MR) is 105 cm³/mol. The lowest BCUT2D eigenvalue weighted by Gasteiger charge is -2.17. The Morgan fingerprint density at radius 2 is 1.62 bits per heavy atom. The molecule has 136 valence electrons. The summed E-state index contributed by atoms with van der Waals surface area (Å²) in [6.45, 7) is 5.80. The normalized spacial score (nSPS) is 14.4. The van der Waals surface area contributed by atoms with Crippen molar-refractivity contribution in [2.24, 2.45) is 5.92 Å². The number of carbonyl (C=O) groups excluding carboxylic acids is 2. The van der Waals surface area contributed by atoms with E-state index in [1.165, 1.54) is 0 Å². The molecule has 3 rings (SSSR count). The van der Waals surface area contributed by atoms with Crippen LogP contribution in [0.1, 0.15) is 30.9 Å². The van der Waals surface area contributed by atoms with Crippen molar-refractivity contribution >= 4 is 28.9 Å². The Kier molecular flexibility index (Phi) is 5.26. The minimum Gasteiger partial charge on any atom is -0.374 e. The number of benzene rings is 2. The van der Waals surface area contributed by atoms with Crippen LogP contribution < -0.4 is 16.0 Å². The van der Waals surface area contributed by atoms with E-state index in [-0.39, 0.29) is 23.8 Å². The largest absolute Gasteiger partial charge is 0.374 e. The molecule has 0 saturated heterocycles. The molecule has 5 heteroatoms. The van der Waals surface area contributed by atoms with Crippen molar-refractivity contribution in [2.45, 2.75) is 39.7 Å². The molecule has 0 bridgehead atoms. The van der Waals surface area contributed by atoms with Crippen LogP contribution in [-0.2, 0) is 9.59 Å². The monoisotopic (exact) mass is 351 g/mol. The number of hydrogen-bond donors (Lipinski definition) is 3. The summed E-state index contributed by atoms with van der Waals surface area (Å²) in [6, 6.07) is 13.0. The van der Waals surface area contributed by atoms with Gasteiger partial charge in [-0.1, -0.05) is 12.1 Å². The van der Waals surface area contributed by atoms with Crippen LogP contribution in [0, 0.1) is 19.8 Å². The lowest BCUT2D eigenvalue weighted by molar-refractivity contribution is -0.117. The molecule has 3 N–H and O–H groups in total. The average Bonchev–Trinajstić information content (AvgIpc) is 3.45. The first kappa shape index (κ1) is 18.0. The Morgan fingerprint density at radius 1 is 0.962 bits per heavy atom. The first-order valence-electron chi connectivity index (χ1n) is 8.98. The van der Waals surface area contributed by atoms with Gasteiger partial charge in [-0.25, -0.2) is 0 Å². The van der Waals surface area contributed by atoms with Gasteiger partial charge in [-0.15, -0.1) is 0 Å². The van der Waals surface area contributed by atoms with E-state index >= 15 is 0 Å². The zero-order valence-electron chi connectivity index (χ0n) is 15.4. The highest BCUT2D eigenvalue weighted by molar-refractivity contribution is 5.97. The molecule has 0 unspecified atom stereocenters. The van der Waals surface area contributed by atoms with Gasteiger partial charge in [0.1, 0.15) is 6.04 Å². The van der Waals surface area contributed by atoms with Crippen LogP contribution in [0.4, 0.5) is 17.1 Å². The quantitative estimate of drug-likeness (QED) is 0.734. The van der Waals surface area contributed by atoms with Crippen LogP contribution in [0.25, 0.3) is 0 Å². The molecule has 5 nitrogen and oxygen atoms in total. The Labute approximate surface area is 154 Å². The Bertz CT molecular complexity index is 811. The molecule has 0 aromatic heterocycles. The molecule has 2 amide bonds. The maximum atomic E-state index is 12.4. The number of carbonyl (C=O) groups is 2. The summed E-state index contributed by atoms with van der Waals surface area (Å²) in [6.07, 6.45) is 1.97. The van der Waals surface area contributed by atoms with Crippen LogP contribution in [0.5, 0.6) is 0 Å². The molecule has 2 aromatic rings. The van der Waals surface area contributed by atoms with Gasteiger partial charge in [0.2, 0.25) is 11.8 Å². The van der Waals surface area contributed by atoms with E-state index in [9.17, 15) is 9.59 Å². The van der Waals surface area contributed by atoms with Crippen LogP contribution in [0.3, 0.4) is 0 Å². The maximum absolute atomic E-state index is 12.4. The molecule has 0 radical (unpaired) electrons. The van der Waals surface area contributed by atoms with Gasteiger partial charge in [0, 0.05) is 23.0 Å². The second-order valence-electron chi connectivity index (χ2n) is 7.01. The smallest absolute Gasteiger partial charge is 0.246 e. The third kappa shape index (κ3) is 4.63. The van der Waals surface area contributed by atoms with E-state index in [1.807, 2.05) is 63.2 Å². The lowest BCUT2D eigenvalue weighted by Crippen LogP contribution is -2.32. The van der Waals surface area contributed by atoms with Gasteiger partial charge >= 0.3 is 0 Å². The van der Waals surface area contributed by atoms with Gasteiger partial charge in [-0.3, -0.25) is 9.59 Å². The van der Waals surface area contributed by atoms with E-state index in [4.69, 9.17) is 0 Å². The summed E-state index contributed by atoms with van der Waals surface area (Å²) >= 11 is 0. The minimum absolute atomic E-state index is 0.0898. The topological polar surface area (TPSA) is 70.2 Å².